The highest BCUT2D eigenvalue weighted by molar-refractivity contribution is 6.30. The normalized spacial score (nSPS) is 14.9. The molecule has 3 N–H and O–H groups in total. The van der Waals surface area contributed by atoms with Crippen molar-refractivity contribution < 1.29 is 28.6 Å². The van der Waals surface area contributed by atoms with Crippen LogP contribution in [0.3, 0.4) is 0 Å². The number of hydrazone groups is 1. The van der Waals surface area contributed by atoms with Crippen LogP contribution in [-0.2, 0) is 14.3 Å². The second kappa shape index (κ2) is 12.6. The van der Waals surface area contributed by atoms with Gasteiger partial charge in [-0.25, -0.2) is 15.0 Å². The van der Waals surface area contributed by atoms with E-state index in [0.717, 1.165) is 22.6 Å². The molecule has 41 heavy (non-hydrogen) atoms. The van der Waals surface area contributed by atoms with Crippen molar-refractivity contribution in [3.05, 3.63) is 87.3 Å². The molecule has 0 radical (unpaired) electrons. The molecule has 2 aromatic carbocycles. The van der Waals surface area contributed by atoms with Gasteiger partial charge in [-0.05, 0) is 68.8 Å². The lowest BCUT2D eigenvalue weighted by atomic mass is 9.95. The molecule has 4 rings (SSSR count). The van der Waals surface area contributed by atoms with E-state index in [-0.39, 0.29) is 12.2 Å². The molecule has 3 amide bonds. The molecule has 2 heterocycles. The average molecular weight is 580 g/mol. The third-order valence-corrected chi connectivity index (χ3v) is 6.75. The third-order valence-electron chi connectivity index (χ3n) is 6.50. The number of rotatable bonds is 9. The molecule has 214 valence electrons. The number of aromatic nitrogens is 1. The summed E-state index contributed by atoms with van der Waals surface area (Å²) in [5.41, 5.74) is 7.44. The van der Waals surface area contributed by atoms with Crippen LogP contribution in [0.25, 0.3) is 5.69 Å². The van der Waals surface area contributed by atoms with E-state index in [0.29, 0.717) is 27.8 Å². The van der Waals surface area contributed by atoms with Gasteiger partial charge in [0.2, 0.25) is 0 Å². The lowest BCUT2D eigenvalue weighted by Gasteiger charge is -2.28. The van der Waals surface area contributed by atoms with E-state index in [1.54, 1.807) is 31.3 Å². The van der Waals surface area contributed by atoms with Crippen LogP contribution in [0, 0.1) is 13.8 Å². The minimum absolute atomic E-state index is 0.258. The number of allylic oxidation sites excluding steroid dienone is 1. The summed E-state index contributed by atoms with van der Waals surface area (Å²) in [4.78, 5) is 36.9. The Bertz CT molecular complexity index is 1540. The number of hydrogen-bond donors (Lipinski definition) is 3. The van der Waals surface area contributed by atoms with Gasteiger partial charge in [0.05, 0.1) is 32.0 Å². The molecule has 1 aromatic heterocycles. The fraction of sp³-hybridized carbons (Fsp3) is 0.241. The Balaban J connectivity index is 1.41. The monoisotopic (exact) mass is 579 g/mol. The summed E-state index contributed by atoms with van der Waals surface area (Å²) in [6.07, 6.45) is 1.57. The largest absolute Gasteiger partial charge is 0.493 e. The molecule has 11 nitrogen and oxygen atoms in total. The van der Waals surface area contributed by atoms with Crippen LogP contribution in [0.1, 0.15) is 35.5 Å². The van der Waals surface area contributed by atoms with E-state index >= 15 is 0 Å². The molecule has 1 atom stereocenters. The quantitative estimate of drug-likeness (QED) is 0.199. The smallest absolute Gasteiger partial charge is 0.337 e. The van der Waals surface area contributed by atoms with E-state index in [1.165, 1.54) is 14.2 Å². The molecule has 12 heteroatoms. The highest BCUT2D eigenvalue weighted by atomic mass is 35.5. The van der Waals surface area contributed by atoms with Crippen molar-refractivity contribution in [1.82, 2.24) is 20.6 Å². The molecule has 0 bridgehead atoms. The number of amides is 3. The lowest BCUT2D eigenvalue weighted by Crippen LogP contribution is -2.45. The van der Waals surface area contributed by atoms with Crippen molar-refractivity contribution in [2.75, 3.05) is 20.8 Å². The zero-order valence-corrected chi connectivity index (χ0v) is 24.0. The first-order valence-corrected chi connectivity index (χ1v) is 12.9. The van der Waals surface area contributed by atoms with E-state index in [9.17, 15) is 14.4 Å². The van der Waals surface area contributed by atoms with Crippen molar-refractivity contribution >= 4 is 35.7 Å². The third kappa shape index (κ3) is 6.52. The number of ether oxygens (including phenoxy) is 3. The fourth-order valence-corrected chi connectivity index (χ4v) is 4.69. The summed E-state index contributed by atoms with van der Waals surface area (Å²) >= 11 is 6.01. The van der Waals surface area contributed by atoms with Gasteiger partial charge in [-0.1, -0.05) is 17.7 Å². The number of esters is 1. The first kappa shape index (κ1) is 29.2. The molecule has 0 saturated heterocycles. The van der Waals surface area contributed by atoms with Crippen molar-refractivity contribution in [2.45, 2.75) is 26.8 Å². The predicted octanol–water partition coefficient (Wildman–Crippen LogP) is 4.09. The zero-order chi connectivity index (χ0) is 29.7. The Morgan fingerprint density at radius 1 is 1.07 bits per heavy atom. The number of benzene rings is 2. The number of carbonyl (C=O) groups excluding carboxylic acids is 3. The van der Waals surface area contributed by atoms with Gasteiger partial charge in [0, 0.05) is 33.4 Å². The predicted molar refractivity (Wildman–Crippen MR) is 154 cm³/mol. The van der Waals surface area contributed by atoms with Crippen LogP contribution in [-0.4, -0.2) is 49.5 Å². The van der Waals surface area contributed by atoms with E-state index in [1.807, 2.05) is 44.2 Å². The van der Waals surface area contributed by atoms with Crippen LogP contribution in [0.5, 0.6) is 11.5 Å². The number of carbonyl (C=O) groups is 3. The standard InChI is InChI=1S/C29H30ClN5O6/c1-16-12-20(18(3)35(16)22-9-7-21(30)8-10-22)14-31-34-25(36)15-41-23-11-6-19(13-24(23)39-4)27-26(28(37)40-5)17(2)32-29(38)33-27/h6-14,27H,15H2,1-5H3,(H,34,36)(H2,32,33,38)/b31-14-/t27-/m0/s1. The highest BCUT2D eigenvalue weighted by Gasteiger charge is 2.32. The molecular weight excluding hydrogens is 550 g/mol. The fourth-order valence-electron chi connectivity index (χ4n) is 4.56. The lowest BCUT2D eigenvalue weighted by molar-refractivity contribution is -0.136. The second-order valence-electron chi connectivity index (χ2n) is 9.19. The van der Waals surface area contributed by atoms with E-state index in [2.05, 4.69) is 25.7 Å². The highest BCUT2D eigenvalue weighted by Crippen LogP contribution is 2.34. The van der Waals surface area contributed by atoms with Gasteiger partial charge in [0.15, 0.2) is 18.1 Å². The Hall–Kier alpha value is -4.77. The molecule has 0 fully saturated rings. The van der Waals surface area contributed by atoms with Gasteiger partial charge in [-0.2, -0.15) is 5.10 Å². The Morgan fingerprint density at radius 2 is 1.80 bits per heavy atom. The summed E-state index contributed by atoms with van der Waals surface area (Å²) in [7, 11) is 2.71. The molecular formula is C29H30ClN5O6. The van der Waals surface area contributed by atoms with Gasteiger partial charge in [0.1, 0.15) is 0 Å². The molecule has 0 spiro atoms. The Morgan fingerprint density at radius 3 is 2.49 bits per heavy atom. The maximum absolute atomic E-state index is 12.4. The van der Waals surface area contributed by atoms with Gasteiger partial charge in [-0.3, -0.25) is 4.79 Å². The van der Waals surface area contributed by atoms with Gasteiger partial charge in [0.25, 0.3) is 5.91 Å². The first-order chi connectivity index (χ1) is 19.6. The number of methoxy groups -OCH3 is 2. The topological polar surface area (TPSA) is 132 Å². The van der Waals surface area contributed by atoms with Crippen molar-refractivity contribution in [3.8, 4) is 17.2 Å². The maximum atomic E-state index is 12.4. The summed E-state index contributed by atoms with van der Waals surface area (Å²) < 4.78 is 18.0. The molecule has 0 unspecified atom stereocenters. The van der Waals surface area contributed by atoms with Crippen LogP contribution in [0.4, 0.5) is 4.79 Å². The van der Waals surface area contributed by atoms with Crippen molar-refractivity contribution in [3.63, 3.8) is 0 Å². The minimum Gasteiger partial charge on any atom is -0.493 e. The van der Waals surface area contributed by atoms with Crippen LogP contribution >= 0.6 is 11.6 Å². The van der Waals surface area contributed by atoms with Crippen molar-refractivity contribution in [1.29, 1.82) is 0 Å². The first-order valence-electron chi connectivity index (χ1n) is 12.6. The number of nitrogens with zero attached hydrogens (tertiary/aromatic N) is 2. The van der Waals surface area contributed by atoms with Crippen LogP contribution in [0.15, 0.2) is 64.9 Å². The van der Waals surface area contributed by atoms with Crippen molar-refractivity contribution in [2.24, 2.45) is 5.10 Å². The summed E-state index contributed by atoms with van der Waals surface area (Å²) in [5, 5.41) is 10.0. The molecule has 1 aliphatic rings. The summed E-state index contributed by atoms with van der Waals surface area (Å²) in [6, 6.07) is 13.1. The van der Waals surface area contributed by atoms with Crippen LogP contribution < -0.4 is 25.5 Å². The number of halogens is 1. The zero-order valence-electron chi connectivity index (χ0n) is 23.2. The van der Waals surface area contributed by atoms with Gasteiger partial charge in [-0.15, -0.1) is 0 Å². The van der Waals surface area contributed by atoms with E-state index < -0.39 is 23.9 Å². The molecule has 3 aromatic rings. The van der Waals surface area contributed by atoms with Gasteiger partial charge < -0.3 is 29.4 Å². The number of nitrogens with one attached hydrogen (secondary N) is 3. The number of urea groups is 1. The van der Waals surface area contributed by atoms with Crippen LogP contribution in [0.2, 0.25) is 5.02 Å². The molecule has 1 aliphatic heterocycles. The van der Waals surface area contributed by atoms with Gasteiger partial charge >= 0.3 is 12.0 Å². The average Bonchev–Trinajstić information content (AvgIpc) is 3.23. The SMILES string of the molecule is COC(=O)C1=C(C)NC(=O)N[C@H]1c1ccc(OCC(=O)N/N=C\c2cc(C)n(-c3ccc(Cl)cc3)c2C)c(OC)c1. The number of aryl methyl sites for hydroxylation is 1. The molecule has 0 aliphatic carbocycles. The second-order valence-corrected chi connectivity index (χ2v) is 9.63. The van der Waals surface area contributed by atoms with E-state index in [4.69, 9.17) is 25.8 Å². The summed E-state index contributed by atoms with van der Waals surface area (Å²) in [5.74, 6) is -0.454. The maximum Gasteiger partial charge on any atom is 0.337 e. The number of hydrogen-bond acceptors (Lipinski definition) is 7. The molecule has 0 saturated carbocycles. The Kier molecular flexibility index (Phi) is 8.98. The Labute approximate surface area is 242 Å². The summed E-state index contributed by atoms with van der Waals surface area (Å²) in [6.45, 7) is 5.24. The minimum atomic E-state index is -0.765.